The van der Waals surface area contributed by atoms with Gasteiger partial charge in [-0.3, -0.25) is 0 Å². The zero-order valence-corrected chi connectivity index (χ0v) is 17.8. The number of hydrogen-bond donors (Lipinski definition) is 2. The van der Waals surface area contributed by atoms with Crippen LogP contribution in [0.5, 0.6) is 0 Å². The fraction of sp³-hybridized carbons (Fsp3) is 0.174. The molecule has 0 spiro atoms. The fourth-order valence-electron chi connectivity index (χ4n) is 3.56. The SMILES string of the molecule is CSc1cc(-c2cc(NCCc3c(C)oc4ccccc34)ncn2)cc(F)c1C(=O)O. The monoisotopic (exact) mass is 437 g/mol. The van der Waals surface area contributed by atoms with E-state index in [1.807, 2.05) is 31.2 Å². The number of aromatic nitrogens is 2. The third-order valence-corrected chi connectivity index (χ3v) is 5.79. The summed E-state index contributed by atoms with van der Waals surface area (Å²) in [7, 11) is 0. The lowest BCUT2D eigenvalue weighted by atomic mass is 10.1. The Hall–Kier alpha value is -3.39. The van der Waals surface area contributed by atoms with Gasteiger partial charge in [-0.1, -0.05) is 18.2 Å². The summed E-state index contributed by atoms with van der Waals surface area (Å²) in [6, 6.07) is 12.5. The number of para-hydroxylation sites is 1. The number of thioether (sulfide) groups is 1. The van der Waals surface area contributed by atoms with Gasteiger partial charge >= 0.3 is 5.97 Å². The molecule has 2 heterocycles. The molecule has 0 fully saturated rings. The standard InChI is InChI=1S/C23H20FN3O3S/c1-13-15(16-5-3-4-6-19(16)30-13)7-8-25-21-11-18(26-12-27-21)14-9-17(24)22(23(28)29)20(10-14)31-2/h3-6,9-12H,7-8H2,1-2H3,(H,28,29)(H,25,26,27). The van der Waals surface area contributed by atoms with Crippen molar-refractivity contribution in [3.05, 3.63) is 71.5 Å². The van der Waals surface area contributed by atoms with E-state index in [0.717, 1.165) is 28.7 Å². The lowest BCUT2D eigenvalue weighted by molar-refractivity contribution is 0.0688. The summed E-state index contributed by atoms with van der Waals surface area (Å²) in [6.07, 6.45) is 3.86. The number of furan rings is 1. The van der Waals surface area contributed by atoms with Gasteiger partial charge in [0, 0.05) is 34.0 Å². The topological polar surface area (TPSA) is 88.3 Å². The number of anilines is 1. The van der Waals surface area contributed by atoms with Gasteiger partial charge in [0.1, 0.15) is 34.9 Å². The molecule has 0 saturated heterocycles. The zero-order chi connectivity index (χ0) is 22.0. The summed E-state index contributed by atoms with van der Waals surface area (Å²) < 4.78 is 20.2. The quantitative estimate of drug-likeness (QED) is 0.374. The number of aryl methyl sites for hydroxylation is 1. The number of carboxylic acids is 1. The molecular weight excluding hydrogens is 417 g/mol. The molecule has 0 radical (unpaired) electrons. The molecule has 0 unspecified atom stereocenters. The molecule has 0 aliphatic carbocycles. The van der Waals surface area contributed by atoms with Gasteiger partial charge in [0.15, 0.2) is 0 Å². The van der Waals surface area contributed by atoms with E-state index in [1.54, 1.807) is 18.4 Å². The van der Waals surface area contributed by atoms with Gasteiger partial charge in [0.25, 0.3) is 0 Å². The Balaban J connectivity index is 1.53. The van der Waals surface area contributed by atoms with E-state index in [2.05, 4.69) is 15.3 Å². The van der Waals surface area contributed by atoms with Gasteiger partial charge < -0.3 is 14.8 Å². The molecule has 0 amide bonds. The van der Waals surface area contributed by atoms with E-state index in [9.17, 15) is 14.3 Å². The van der Waals surface area contributed by atoms with Crippen molar-refractivity contribution in [1.82, 2.24) is 9.97 Å². The molecule has 0 atom stereocenters. The number of nitrogens with one attached hydrogen (secondary N) is 1. The molecule has 4 rings (SSSR count). The van der Waals surface area contributed by atoms with Crippen LogP contribution < -0.4 is 5.32 Å². The summed E-state index contributed by atoms with van der Waals surface area (Å²) in [5.41, 5.74) is 2.69. The summed E-state index contributed by atoms with van der Waals surface area (Å²) in [6.45, 7) is 2.58. The highest BCUT2D eigenvalue weighted by Crippen LogP contribution is 2.30. The Kier molecular flexibility index (Phi) is 5.90. The van der Waals surface area contributed by atoms with Crippen LogP contribution in [-0.2, 0) is 6.42 Å². The molecule has 0 saturated carbocycles. The highest BCUT2D eigenvalue weighted by Gasteiger charge is 2.18. The average Bonchev–Trinajstić information content (AvgIpc) is 3.08. The van der Waals surface area contributed by atoms with Crippen LogP contribution in [0.25, 0.3) is 22.2 Å². The van der Waals surface area contributed by atoms with Gasteiger partial charge in [-0.25, -0.2) is 19.2 Å². The molecule has 0 bridgehead atoms. The molecular formula is C23H20FN3O3S. The minimum atomic E-state index is -1.29. The van der Waals surface area contributed by atoms with Crippen molar-refractivity contribution in [1.29, 1.82) is 0 Å². The van der Waals surface area contributed by atoms with Crippen molar-refractivity contribution in [3.8, 4) is 11.3 Å². The van der Waals surface area contributed by atoms with Crippen LogP contribution in [0, 0.1) is 12.7 Å². The van der Waals surface area contributed by atoms with Crippen LogP contribution in [0.4, 0.5) is 10.2 Å². The van der Waals surface area contributed by atoms with Crippen LogP contribution in [0.1, 0.15) is 21.7 Å². The third-order valence-electron chi connectivity index (χ3n) is 5.03. The summed E-state index contributed by atoms with van der Waals surface area (Å²) in [5, 5.41) is 13.6. The van der Waals surface area contributed by atoms with Crippen LogP contribution in [0.15, 0.2) is 58.1 Å². The predicted octanol–water partition coefficient (Wildman–Crippen LogP) is 5.41. The average molecular weight is 437 g/mol. The molecule has 2 aromatic carbocycles. The first kappa shape index (κ1) is 20.9. The number of nitrogens with zero attached hydrogens (tertiary/aromatic N) is 2. The summed E-state index contributed by atoms with van der Waals surface area (Å²) in [4.78, 5) is 20.1. The largest absolute Gasteiger partial charge is 0.478 e. The minimum absolute atomic E-state index is 0.327. The number of carboxylic acid groups (broad SMARTS) is 1. The van der Waals surface area contributed by atoms with Crippen molar-refractivity contribution in [2.24, 2.45) is 0 Å². The summed E-state index contributed by atoms with van der Waals surface area (Å²) in [5.74, 6) is -0.584. The first-order valence-electron chi connectivity index (χ1n) is 9.62. The minimum Gasteiger partial charge on any atom is -0.478 e. The van der Waals surface area contributed by atoms with Crippen molar-refractivity contribution >= 4 is 34.5 Å². The molecule has 2 N–H and O–H groups in total. The highest BCUT2D eigenvalue weighted by molar-refractivity contribution is 7.98. The second-order valence-electron chi connectivity index (χ2n) is 6.94. The number of carbonyl (C=O) groups is 1. The Bertz CT molecular complexity index is 1270. The first-order valence-corrected chi connectivity index (χ1v) is 10.8. The second-order valence-corrected chi connectivity index (χ2v) is 7.79. The zero-order valence-electron chi connectivity index (χ0n) is 17.0. The molecule has 2 aromatic heterocycles. The van der Waals surface area contributed by atoms with Crippen LogP contribution in [0.2, 0.25) is 0 Å². The van der Waals surface area contributed by atoms with Crippen LogP contribution in [0.3, 0.4) is 0 Å². The van der Waals surface area contributed by atoms with Crippen LogP contribution in [-0.4, -0.2) is 33.8 Å². The third kappa shape index (κ3) is 4.25. The number of aromatic carboxylic acids is 1. The lowest BCUT2D eigenvalue weighted by Crippen LogP contribution is -2.07. The molecule has 0 aliphatic rings. The first-order chi connectivity index (χ1) is 15.0. The molecule has 158 valence electrons. The molecule has 6 nitrogen and oxygen atoms in total. The molecule has 31 heavy (non-hydrogen) atoms. The van der Waals surface area contributed by atoms with Gasteiger partial charge in [-0.2, -0.15) is 0 Å². The Morgan fingerprint density at radius 3 is 2.81 bits per heavy atom. The highest BCUT2D eigenvalue weighted by atomic mass is 32.2. The van der Waals surface area contributed by atoms with Crippen molar-refractivity contribution in [2.45, 2.75) is 18.2 Å². The smallest absolute Gasteiger partial charge is 0.339 e. The maximum atomic E-state index is 14.4. The van der Waals surface area contributed by atoms with E-state index >= 15 is 0 Å². The van der Waals surface area contributed by atoms with E-state index < -0.39 is 11.8 Å². The van der Waals surface area contributed by atoms with Gasteiger partial charge in [-0.15, -0.1) is 11.8 Å². The number of benzene rings is 2. The van der Waals surface area contributed by atoms with E-state index in [-0.39, 0.29) is 5.56 Å². The lowest BCUT2D eigenvalue weighted by Gasteiger charge is -2.10. The van der Waals surface area contributed by atoms with Crippen molar-refractivity contribution in [3.63, 3.8) is 0 Å². The van der Waals surface area contributed by atoms with Crippen molar-refractivity contribution in [2.75, 3.05) is 18.1 Å². The van der Waals surface area contributed by atoms with Crippen molar-refractivity contribution < 1.29 is 18.7 Å². The maximum Gasteiger partial charge on any atom is 0.339 e. The van der Waals surface area contributed by atoms with E-state index in [0.29, 0.717) is 28.5 Å². The van der Waals surface area contributed by atoms with Gasteiger partial charge in [-0.05, 0) is 37.8 Å². The van der Waals surface area contributed by atoms with Gasteiger partial charge in [0.2, 0.25) is 0 Å². The fourth-order valence-corrected chi connectivity index (χ4v) is 4.19. The number of halogens is 1. The number of rotatable bonds is 7. The number of hydrogen-bond acceptors (Lipinski definition) is 6. The molecule has 0 aliphatic heterocycles. The van der Waals surface area contributed by atoms with Crippen LogP contribution >= 0.6 is 11.8 Å². The maximum absolute atomic E-state index is 14.4. The van der Waals surface area contributed by atoms with E-state index in [4.69, 9.17) is 4.42 Å². The normalized spacial score (nSPS) is 11.1. The second kappa shape index (κ2) is 8.77. The Morgan fingerprint density at radius 2 is 2.03 bits per heavy atom. The Labute approximate surface area is 182 Å². The van der Waals surface area contributed by atoms with Gasteiger partial charge in [0.05, 0.1) is 5.69 Å². The molecule has 4 aromatic rings. The molecule has 8 heteroatoms. The summed E-state index contributed by atoms with van der Waals surface area (Å²) >= 11 is 1.18. The van der Waals surface area contributed by atoms with E-state index in [1.165, 1.54) is 24.2 Å². The number of fused-ring (bicyclic) bond motifs is 1. The Morgan fingerprint density at radius 1 is 1.23 bits per heavy atom. The predicted molar refractivity (Wildman–Crippen MR) is 119 cm³/mol.